The van der Waals surface area contributed by atoms with Crippen molar-refractivity contribution in [3.05, 3.63) is 73.0 Å². The summed E-state index contributed by atoms with van der Waals surface area (Å²) in [7, 11) is 3.19. The van der Waals surface area contributed by atoms with Crippen molar-refractivity contribution in [1.29, 1.82) is 0 Å². The Balaban J connectivity index is 1.60. The highest BCUT2D eigenvalue weighted by molar-refractivity contribution is 7.73. The summed E-state index contributed by atoms with van der Waals surface area (Å²) in [6.45, 7) is 0.491. The van der Waals surface area contributed by atoms with Crippen molar-refractivity contribution in [2.75, 3.05) is 14.2 Å². The minimum atomic E-state index is -0.339. The number of hydrogen-bond acceptors (Lipinski definition) is 6. The lowest BCUT2D eigenvalue weighted by atomic mass is 10.1. The summed E-state index contributed by atoms with van der Waals surface area (Å²) in [5.41, 5.74) is 1.44. The van der Waals surface area contributed by atoms with Crippen LogP contribution in [-0.4, -0.2) is 29.8 Å². The summed E-state index contributed by atoms with van der Waals surface area (Å²) in [5, 5.41) is 12.3. The molecule has 2 heterocycles. The molecule has 1 aliphatic heterocycles. The number of benzene rings is 2. The van der Waals surface area contributed by atoms with Gasteiger partial charge in [0.1, 0.15) is 0 Å². The van der Waals surface area contributed by atoms with E-state index in [4.69, 9.17) is 21.7 Å². The van der Waals surface area contributed by atoms with E-state index < -0.39 is 0 Å². The van der Waals surface area contributed by atoms with Crippen LogP contribution >= 0.6 is 23.6 Å². The van der Waals surface area contributed by atoms with Crippen LogP contribution < -0.4 is 20.0 Å². The zero-order valence-corrected chi connectivity index (χ0v) is 18.6. The van der Waals surface area contributed by atoms with Gasteiger partial charge < -0.3 is 14.6 Å². The number of carbonyl (C=O) groups excluding carboxylic acids is 1. The summed E-state index contributed by atoms with van der Waals surface area (Å²) < 4.78 is 12.8. The standard InChI is InChI=1S/C23H20N2O4S2/c1-28-18-8-7-14(11-19(18)29-2)9-10-25-22(27)20(31-23(25)30)13-16-12-15-5-3-4-6-17(15)24-21(16)26/h3-8,11-13,27H,9-10H2,1-2H3/b16-13-. The molecule has 1 N–H and O–H groups in total. The molecule has 2 aromatic carbocycles. The molecule has 0 bridgehead atoms. The van der Waals surface area contributed by atoms with E-state index in [1.54, 1.807) is 37.0 Å². The summed E-state index contributed by atoms with van der Waals surface area (Å²) in [5.74, 6) is 1.02. The number of para-hydroxylation sites is 1. The zero-order chi connectivity index (χ0) is 22.0. The minimum absolute atomic E-state index is 0.0445. The van der Waals surface area contributed by atoms with Gasteiger partial charge in [0.05, 0.1) is 24.5 Å². The molecule has 8 heteroatoms. The van der Waals surface area contributed by atoms with E-state index >= 15 is 0 Å². The lowest BCUT2D eigenvalue weighted by Gasteiger charge is -2.10. The number of methoxy groups -OCH3 is 2. The second-order valence-electron chi connectivity index (χ2n) is 6.87. The normalized spacial score (nSPS) is 14.0. The molecule has 0 saturated heterocycles. The molecule has 1 aliphatic rings. The number of aromatic nitrogens is 1. The Bertz CT molecular complexity index is 1370. The first-order chi connectivity index (χ1) is 15.0. The van der Waals surface area contributed by atoms with Crippen LogP contribution in [0, 0.1) is 3.95 Å². The highest BCUT2D eigenvalue weighted by atomic mass is 32.1. The molecule has 31 heavy (non-hydrogen) atoms. The molecule has 3 aromatic rings. The largest absolute Gasteiger partial charge is 0.493 e. The number of carbonyl (C=O) groups is 1. The van der Waals surface area contributed by atoms with Crippen LogP contribution in [-0.2, 0) is 17.8 Å². The van der Waals surface area contributed by atoms with Gasteiger partial charge in [-0.1, -0.05) is 24.3 Å². The fraction of sp³-hybridized carbons (Fsp3) is 0.174. The molecule has 6 nitrogen and oxygen atoms in total. The Morgan fingerprint density at radius 3 is 2.71 bits per heavy atom. The molecule has 0 atom stereocenters. The number of aryl methyl sites for hydroxylation is 1. The summed E-state index contributed by atoms with van der Waals surface area (Å²) in [6.07, 6.45) is 4.06. The van der Waals surface area contributed by atoms with Crippen molar-refractivity contribution in [1.82, 2.24) is 4.57 Å². The van der Waals surface area contributed by atoms with Gasteiger partial charge >= 0.3 is 0 Å². The van der Waals surface area contributed by atoms with E-state index in [9.17, 15) is 9.90 Å². The van der Waals surface area contributed by atoms with Crippen LogP contribution in [0.4, 0.5) is 0 Å². The molecule has 0 spiro atoms. The van der Waals surface area contributed by atoms with Gasteiger partial charge in [-0.3, -0.25) is 9.36 Å². The fourth-order valence-corrected chi connectivity index (χ4v) is 4.65. The van der Waals surface area contributed by atoms with Gasteiger partial charge in [0.2, 0.25) is 5.88 Å². The third kappa shape index (κ3) is 4.30. The van der Waals surface area contributed by atoms with Gasteiger partial charge in [-0.2, -0.15) is 0 Å². The molecule has 0 fully saturated rings. The van der Waals surface area contributed by atoms with E-state index in [-0.39, 0.29) is 11.8 Å². The van der Waals surface area contributed by atoms with Crippen molar-refractivity contribution in [2.24, 2.45) is 4.99 Å². The van der Waals surface area contributed by atoms with Gasteiger partial charge in [-0.15, -0.1) is 11.3 Å². The molecule has 158 valence electrons. The first-order valence-corrected chi connectivity index (χ1v) is 10.8. The van der Waals surface area contributed by atoms with Crippen LogP contribution in [0.1, 0.15) is 10.4 Å². The molecule has 0 saturated carbocycles. The van der Waals surface area contributed by atoms with Crippen molar-refractivity contribution in [3.8, 4) is 17.4 Å². The first-order valence-electron chi connectivity index (χ1n) is 9.55. The fourth-order valence-electron chi connectivity index (χ4n) is 3.34. The number of fused-ring (bicyclic) bond motifs is 1. The van der Waals surface area contributed by atoms with Crippen LogP contribution in [0.15, 0.2) is 53.0 Å². The molecule has 1 aromatic heterocycles. The maximum Gasteiger partial charge on any atom is 0.277 e. The van der Waals surface area contributed by atoms with Crippen molar-refractivity contribution in [2.45, 2.75) is 13.0 Å². The Morgan fingerprint density at radius 1 is 1.16 bits per heavy atom. The lowest BCUT2D eigenvalue weighted by molar-refractivity contribution is -0.114. The molecule has 4 rings (SSSR count). The minimum Gasteiger partial charge on any atom is -0.493 e. The SMILES string of the molecule is COc1ccc(CCn2c(O)c(/C=C3/C=c4ccccc4=NC3=O)sc2=S)cc1OC. The Kier molecular flexibility index (Phi) is 6.01. The van der Waals surface area contributed by atoms with E-state index in [0.717, 1.165) is 10.8 Å². The number of thiazole rings is 1. The average Bonchev–Trinajstić information content (AvgIpc) is 3.04. The van der Waals surface area contributed by atoms with Crippen LogP contribution in [0.2, 0.25) is 0 Å². The Labute approximate surface area is 188 Å². The monoisotopic (exact) mass is 452 g/mol. The maximum absolute atomic E-state index is 12.4. The smallest absolute Gasteiger partial charge is 0.277 e. The topological polar surface area (TPSA) is 73.0 Å². The molecule has 0 unspecified atom stereocenters. The van der Waals surface area contributed by atoms with Gasteiger partial charge in [0.25, 0.3) is 5.91 Å². The summed E-state index contributed by atoms with van der Waals surface area (Å²) in [6, 6.07) is 13.1. The third-order valence-electron chi connectivity index (χ3n) is 4.97. The van der Waals surface area contributed by atoms with Gasteiger partial charge in [0, 0.05) is 17.3 Å². The molecular formula is C23H20N2O4S2. The lowest BCUT2D eigenvalue weighted by Crippen LogP contribution is -2.29. The van der Waals surface area contributed by atoms with E-state index in [2.05, 4.69) is 4.99 Å². The Hall–Kier alpha value is -3.23. The van der Waals surface area contributed by atoms with Gasteiger partial charge in [0.15, 0.2) is 15.5 Å². The molecule has 1 amide bonds. The van der Waals surface area contributed by atoms with Crippen LogP contribution in [0.25, 0.3) is 12.2 Å². The zero-order valence-electron chi connectivity index (χ0n) is 17.0. The number of rotatable bonds is 6. The number of aromatic hydroxyl groups is 1. The van der Waals surface area contributed by atoms with Crippen molar-refractivity contribution >= 4 is 41.6 Å². The second-order valence-corrected chi connectivity index (χ2v) is 8.54. The summed E-state index contributed by atoms with van der Waals surface area (Å²) in [4.78, 5) is 17.0. The second kappa shape index (κ2) is 8.87. The molecular weight excluding hydrogens is 432 g/mol. The highest BCUT2D eigenvalue weighted by Crippen LogP contribution is 2.31. The van der Waals surface area contributed by atoms with E-state index in [0.29, 0.717) is 44.2 Å². The number of amides is 1. The van der Waals surface area contributed by atoms with Gasteiger partial charge in [-0.05, 0) is 54.6 Å². The average molecular weight is 453 g/mol. The predicted molar refractivity (Wildman–Crippen MR) is 123 cm³/mol. The van der Waals surface area contributed by atoms with Gasteiger partial charge in [-0.25, -0.2) is 4.99 Å². The van der Waals surface area contributed by atoms with E-state index in [1.165, 1.54) is 11.3 Å². The van der Waals surface area contributed by atoms with Crippen LogP contribution in [0.3, 0.4) is 0 Å². The highest BCUT2D eigenvalue weighted by Gasteiger charge is 2.15. The number of hydrogen-bond donors (Lipinski definition) is 1. The van der Waals surface area contributed by atoms with Crippen LogP contribution in [0.5, 0.6) is 17.4 Å². The predicted octanol–water partition coefficient (Wildman–Crippen LogP) is 3.27. The number of nitrogens with zero attached hydrogens (tertiary/aromatic N) is 2. The summed E-state index contributed by atoms with van der Waals surface area (Å²) >= 11 is 6.71. The maximum atomic E-state index is 12.4. The third-order valence-corrected chi connectivity index (χ3v) is 6.35. The Morgan fingerprint density at radius 2 is 1.94 bits per heavy atom. The van der Waals surface area contributed by atoms with Crippen molar-refractivity contribution in [3.63, 3.8) is 0 Å². The quantitative estimate of drug-likeness (QED) is 0.459. The molecule has 0 radical (unpaired) electrons. The first kappa shape index (κ1) is 21.0. The van der Waals surface area contributed by atoms with Crippen molar-refractivity contribution < 1.29 is 19.4 Å². The number of ether oxygens (including phenoxy) is 2. The molecule has 0 aliphatic carbocycles. The van der Waals surface area contributed by atoms with E-state index in [1.807, 2.05) is 36.4 Å².